The molecule has 0 spiro atoms. The molecule has 1 heterocycles. The Morgan fingerprint density at radius 1 is 1.03 bits per heavy atom. The zero-order valence-corrected chi connectivity index (χ0v) is 21.6. The predicted molar refractivity (Wildman–Crippen MR) is 130 cm³/mol. The summed E-state index contributed by atoms with van der Waals surface area (Å²) in [5.74, 6) is -0.423. The highest BCUT2D eigenvalue weighted by atomic mass is 31.2. The van der Waals surface area contributed by atoms with Gasteiger partial charge in [0.2, 0.25) is 0 Å². The monoisotopic (exact) mass is 462 g/mol. The zero-order valence-electron chi connectivity index (χ0n) is 20.7. The van der Waals surface area contributed by atoms with Gasteiger partial charge in [0.15, 0.2) is 0 Å². The number of hydrogen-bond acceptors (Lipinski definition) is 6. The minimum atomic E-state index is -3.56. The lowest BCUT2D eigenvalue weighted by atomic mass is 9.78. The standard InChI is InChI=1S/C25H39N2O4P/c1-9-30-32(29,31-10-2)23(27-17-18-12-11-13-26-16-18)19-14-20(24(3,4)5)22(28)21(15-19)25(6,7)8/h11-16,23,27-28H,9-10,17H2,1-8H3. The average Bonchev–Trinajstić information content (AvgIpc) is 2.68. The fourth-order valence-corrected chi connectivity index (χ4v) is 5.56. The van der Waals surface area contributed by atoms with E-state index in [0.717, 1.165) is 22.3 Å². The Hall–Kier alpha value is -1.72. The molecule has 2 N–H and O–H groups in total. The summed E-state index contributed by atoms with van der Waals surface area (Å²) in [6.45, 7) is 16.9. The van der Waals surface area contributed by atoms with Gasteiger partial charge in [0.1, 0.15) is 11.5 Å². The molecule has 0 aliphatic carbocycles. The van der Waals surface area contributed by atoms with E-state index >= 15 is 0 Å². The van der Waals surface area contributed by atoms with Crippen LogP contribution in [-0.4, -0.2) is 23.3 Å². The Bertz CT molecular complexity index is 888. The van der Waals surface area contributed by atoms with Gasteiger partial charge < -0.3 is 14.2 Å². The van der Waals surface area contributed by atoms with Crippen LogP contribution in [0.2, 0.25) is 0 Å². The van der Waals surface area contributed by atoms with Gasteiger partial charge >= 0.3 is 7.60 Å². The molecule has 0 saturated heterocycles. The minimum absolute atomic E-state index is 0.263. The van der Waals surface area contributed by atoms with Crippen LogP contribution in [-0.2, 0) is 31.0 Å². The van der Waals surface area contributed by atoms with Crippen molar-refractivity contribution in [1.82, 2.24) is 10.3 Å². The Kier molecular flexibility index (Phi) is 8.69. The summed E-state index contributed by atoms with van der Waals surface area (Å²) in [7, 11) is -3.56. The third kappa shape index (κ3) is 6.41. The van der Waals surface area contributed by atoms with E-state index < -0.39 is 13.4 Å². The molecule has 0 aliphatic rings. The summed E-state index contributed by atoms with van der Waals surface area (Å²) in [5.41, 5.74) is 2.71. The van der Waals surface area contributed by atoms with E-state index in [9.17, 15) is 9.67 Å². The number of pyridine rings is 1. The van der Waals surface area contributed by atoms with Gasteiger partial charge in [0.25, 0.3) is 0 Å². The maximum absolute atomic E-state index is 14.0. The molecule has 7 heteroatoms. The highest BCUT2D eigenvalue weighted by molar-refractivity contribution is 7.54. The Labute approximate surface area is 193 Å². The molecule has 178 valence electrons. The van der Waals surface area contributed by atoms with Gasteiger partial charge in [-0.1, -0.05) is 47.6 Å². The molecular formula is C25H39N2O4P. The number of hydrogen-bond donors (Lipinski definition) is 2. The quantitative estimate of drug-likeness (QED) is 0.418. The number of nitrogens with one attached hydrogen (secondary N) is 1. The van der Waals surface area contributed by atoms with Gasteiger partial charge in [-0.15, -0.1) is 0 Å². The van der Waals surface area contributed by atoms with E-state index in [1.807, 2.05) is 38.1 Å². The summed E-state index contributed by atoms with van der Waals surface area (Å²) < 4.78 is 25.5. The number of aromatic hydroxyl groups is 1. The molecule has 1 unspecified atom stereocenters. The van der Waals surface area contributed by atoms with Crippen LogP contribution in [0.4, 0.5) is 0 Å². The molecule has 1 atom stereocenters. The van der Waals surface area contributed by atoms with Gasteiger partial charge in [0.05, 0.1) is 13.2 Å². The van der Waals surface area contributed by atoms with Crippen molar-refractivity contribution < 1.29 is 18.7 Å². The van der Waals surface area contributed by atoms with E-state index in [2.05, 4.69) is 51.8 Å². The van der Waals surface area contributed by atoms with Crippen LogP contribution < -0.4 is 5.32 Å². The Morgan fingerprint density at radius 2 is 1.56 bits per heavy atom. The largest absolute Gasteiger partial charge is 0.507 e. The molecule has 0 saturated carbocycles. The number of phenols is 1. The summed E-state index contributed by atoms with van der Waals surface area (Å²) in [6.07, 6.45) is 3.49. The molecule has 0 radical (unpaired) electrons. The normalized spacial score (nSPS) is 13.9. The van der Waals surface area contributed by atoms with Crippen molar-refractivity contribution in [3.8, 4) is 5.75 Å². The van der Waals surface area contributed by atoms with E-state index in [-0.39, 0.29) is 29.8 Å². The molecule has 0 aliphatic heterocycles. The highest BCUT2D eigenvalue weighted by Gasteiger charge is 2.39. The topological polar surface area (TPSA) is 80.7 Å². The SMILES string of the molecule is CCOP(=O)(OCC)C(NCc1cccnc1)c1cc(C(C)(C)C)c(O)c(C(C)(C)C)c1. The third-order valence-electron chi connectivity index (χ3n) is 5.22. The number of rotatable bonds is 9. The molecule has 0 bridgehead atoms. The number of phenolic OH excluding ortho intramolecular Hbond substituents is 1. The van der Waals surface area contributed by atoms with E-state index in [0.29, 0.717) is 6.54 Å². The first-order chi connectivity index (χ1) is 14.8. The number of benzene rings is 1. The Morgan fingerprint density at radius 3 is 1.97 bits per heavy atom. The molecule has 1 aromatic heterocycles. The molecule has 32 heavy (non-hydrogen) atoms. The lowest BCUT2D eigenvalue weighted by Gasteiger charge is -2.32. The fraction of sp³-hybridized carbons (Fsp3) is 0.560. The maximum atomic E-state index is 14.0. The second kappa shape index (κ2) is 10.5. The minimum Gasteiger partial charge on any atom is -0.507 e. The lowest BCUT2D eigenvalue weighted by Crippen LogP contribution is -2.25. The molecule has 2 aromatic rings. The van der Waals surface area contributed by atoms with Gasteiger partial charge in [-0.05, 0) is 65.1 Å². The third-order valence-corrected chi connectivity index (χ3v) is 7.57. The van der Waals surface area contributed by atoms with Crippen LogP contribution in [0, 0.1) is 0 Å². The van der Waals surface area contributed by atoms with Crippen LogP contribution in [0.1, 0.15) is 83.4 Å². The Balaban J connectivity index is 2.69. The van der Waals surface area contributed by atoms with Gasteiger partial charge in [-0.2, -0.15) is 0 Å². The second-order valence-corrected chi connectivity index (χ2v) is 12.1. The van der Waals surface area contributed by atoms with Crippen molar-refractivity contribution in [2.45, 2.75) is 78.5 Å². The molecule has 1 aromatic carbocycles. The fourth-order valence-electron chi connectivity index (χ4n) is 3.63. The van der Waals surface area contributed by atoms with Crippen LogP contribution in [0.25, 0.3) is 0 Å². The van der Waals surface area contributed by atoms with Crippen LogP contribution >= 0.6 is 7.60 Å². The molecule has 2 rings (SSSR count). The maximum Gasteiger partial charge on any atom is 0.351 e. The molecule has 0 fully saturated rings. The number of nitrogens with zero attached hydrogens (tertiary/aromatic N) is 1. The van der Waals surface area contributed by atoms with E-state index in [1.54, 1.807) is 12.4 Å². The van der Waals surface area contributed by atoms with Crippen molar-refractivity contribution >= 4 is 7.60 Å². The van der Waals surface area contributed by atoms with Gasteiger partial charge in [0, 0.05) is 18.9 Å². The van der Waals surface area contributed by atoms with Crippen LogP contribution in [0.15, 0.2) is 36.7 Å². The predicted octanol–water partition coefficient (Wildman–Crippen LogP) is 6.44. The van der Waals surface area contributed by atoms with Gasteiger partial charge in [-0.3, -0.25) is 14.9 Å². The summed E-state index contributed by atoms with van der Waals surface area (Å²) in [6, 6.07) is 7.68. The first-order valence-electron chi connectivity index (χ1n) is 11.2. The van der Waals surface area contributed by atoms with Crippen molar-refractivity contribution in [2.75, 3.05) is 13.2 Å². The zero-order chi connectivity index (χ0) is 24.2. The van der Waals surface area contributed by atoms with Crippen LogP contribution in [0.3, 0.4) is 0 Å². The van der Waals surface area contributed by atoms with E-state index in [1.165, 1.54) is 0 Å². The number of aromatic nitrogens is 1. The smallest absolute Gasteiger partial charge is 0.351 e. The molecular weight excluding hydrogens is 423 g/mol. The van der Waals surface area contributed by atoms with Crippen molar-refractivity contribution in [1.29, 1.82) is 0 Å². The first kappa shape index (κ1) is 26.5. The van der Waals surface area contributed by atoms with Crippen LogP contribution in [0.5, 0.6) is 5.75 Å². The summed E-state index contributed by atoms with van der Waals surface area (Å²) in [4.78, 5) is 4.17. The molecule has 0 amide bonds. The second-order valence-electron chi connectivity index (χ2n) is 9.98. The highest BCUT2D eigenvalue weighted by Crippen LogP contribution is 2.60. The van der Waals surface area contributed by atoms with Crippen molar-refractivity contribution in [2.24, 2.45) is 0 Å². The summed E-state index contributed by atoms with van der Waals surface area (Å²) in [5, 5.41) is 14.5. The van der Waals surface area contributed by atoms with Crippen molar-refractivity contribution in [3.05, 3.63) is 58.9 Å². The van der Waals surface area contributed by atoms with Crippen molar-refractivity contribution in [3.63, 3.8) is 0 Å². The van der Waals surface area contributed by atoms with E-state index in [4.69, 9.17) is 9.05 Å². The van der Waals surface area contributed by atoms with Gasteiger partial charge in [-0.25, -0.2) is 0 Å². The molecule has 6 nitrogen and oxygen atoms in total. The lowest BCUT2D eigenvalue weighted by molar-refractivity contribution is 0.207. The average molecular weight is 463 g/mol. The summed E-state index contributed by atoms with van der Waals surface area (Å²) >= 11 is 0. The first-order valence-corrected chi connectivity index (χ1v) is 12.8.